The molecule has 0 aliphatic heterocycles. The lowest BCUT2D eigenvalue weighted by Crippen LogP contribution is -2.26. The predicted molar refractivity (Wildman–Crippen MR) is 469 cm³/mol. The molecule has 0 saturated heterocycles. The normalized spacial score (nSPS) is 13.4. The topological polar surface area (TPSA) is 16.3 Å². The second kappa shape index (κ2) is 24.4. The molecule has 0 N–H and O–H groups in total. The fraction of sp³-hybridized carbons (Fsp3) is 0.111. The van der Waals surface area contributed by atoms with Crippen molar-refractivity contribution >= 4 is 77.7 Å². The van der Waals surface area contributed by atoms with Crippen LogP contribution in [0.4, 0.5) is 34.1 Å². The van der Waals surface area contributed by atoms with Gasteiger partial charge < -0.3 is 18.9 Å². The molecule has 4 aliphatic rings. The molecule has 4 aliphatic carbocycles. The summed E-state index contributed by atoms with van der Waals surface area (Å²) in [5.41, 5.74) is 47.2. The average molecular weight is 1440 g/mol. The summed E-state index contributed by atoms with van der Waals surface area (Å²) in [4.78, 5) is 4.96. The number of benzene rings is 16. The molecular weight excluding hydrogens is 1350 g/mol. The molecule has 22 rings (SSSR count). The number of fused-ring (bicyclic) bond motifs is 26. The maximum absolute atomic E-state index is 2.57. The molecule has 112 heavy (non-hydrogen) atoms. The smallest absolute Gasteiger partial charge is 0.0727 e. The highest BCUT2D eigenvalue weighted by atomic mass is 15.1. The van der Waals surface area contributed by atoms with Crippen LogP contribution >= 0.6 is 0 Å². The first-order chi connectivity index (χ1) is 54.7. The van der Waals surface area contributed by atoms with Crippen LogP contribution in [-0.2, 0) is 17.3 Å². The maximum atomic E-state index is 2.57. The van der Waals surface area contributed by atoms with Crippen LogP contribution in [0.25, 0.3) is 99.5 Å². The van der Waals surface area contributed by atoms with Gasteiger partial charge in [0.05, 0.1) is 32.9 Å². The summed E-state index contributed by atoms with van der Waals surface area (Å²) in [7, 11) is 0. The summed E-state index contributed by atoms with van der Waals surface area (Å²) in [6.07, 6.45) is 0.746. The van der Waals surface area contributed by atoms with Crippen molar-refractivity contribution in [3.8, 4) is 55.9 Å². The van der Waals surface area contributed by atoms with Crippen molar-refractivity contribution in [1.29, 1.82) is 0 Å². The Labute approximate surface area is 655 Å². The summed E-state index contributed by atoms with van der Waals surface area (Å²) in [5.74, 6) is 0. The van der Waals surface area contributed by atoms with E-state index in [4.69, 9.17) is 0 Å². The minimum atomic E-state index is -0.674. The second-order valence-electron chi connectivity index (χ2n) is 32.5. The molecule has 2 aromatic heterocycles. The number of aryl methyl sites for hydroxylation is 9. The molecule has 0 fully saturated rings. The van der Waals surface area contributed by atoms with E-state index in [1.54, 1.807) is 0 Å². The van der Waals surface area contributed by atoms with E-state index < -0.39 is 10.8 Å². The quantitative estimate of drug-likeness (QED) is 0.136. The molecule has 18 aromatic rings. The van der Waals surface area contributed by atoms with Crippen LogP contribution in [0.2, 0.25) is 0 Å². The van der Waals surface area contributed by atoms with E-state index in [0.29, 0.717) is 0 Å². The van der Waals surface area contributed by atoms with E-state index >= 15 is 0 Å². The van der Waals surface area contributed by atoms with Crippen LogP contribution in [0.15, 0.2) is 322 Å². The van der Waals surface area contributed by atoms with Crippen LogP contribution in [0, 0.1) is 62.3 Å². The zero-order chi connectivity index (χ0) is 75.3. The molecule has 534 valence electrons. The van der Waals surface area contributed by atoms with Crippen molar-refractivity contribution in [2.45, 2.75) is 79.6 Å². The zero-order valence-corrected chi connectivity index (χ0v) is 64.6. The minimum Gasteiger partial charge on any atom is -0.310 e. The van der Waals surface area contributed by atoms with Gasteiger partial charge in [0.2, 0.25) is 0 Å². The van der Waals surface area contributed by atoms with Crippen molar-refractivity contribution in [3.05, 3.63) is 427 Å². The number of nitrogens with zero attached hydrogens (tertiary/aromatic N) is 4. The van der Waals surface area contributed by atoms with Crippen molar-refractivity contribution in [3.63, 3.8) is 0 Å². The fourth-order valence-corrected chi connectivity index (χ4v) is 20.5. The molecule has 0 atom stereocenters. The molecule has 0 radical (unpaired) electrons. The first-order valence-electron chi connectivity index (χ1n) is 39.6. The van der Waals surface area contributed by atoms with Crippen LogP contribution in [0.1, 0.15) is 106 Å². The highest BCUT2D eigenvalue weighted by Crippen LogP contribution is 2.67. The van der Waals surface area contributed by atoms with Crippen LogP contribution in [-0.4, -0.2) is 9.13 Å². The number of hydrogen-bond donors (Lipinski definition) is 0. The van der Waals surface area contributed by atoms with Crippen LogP contribution in [0.3, 0.4) is 0 Å². The summed E-state index contributed by atoms with van der Waals surface area (Å²) >= 11 is 0. The van der Waals surface area contributed by atoms with Crippen molar-refractivity contribution in [2.75, 3.05) is 9.80 Å². The highest BCUT2D eigenvalue weighted by molar-refractivity contribution is 6.12. The number of aromatic nitrogens is 2. The Morgan fingerprint density at radius 3 is 1.01 bits per heavy atom. The maximum Gasteiger partial charge on any atom is 0.0727 e. The Balaban J connectivity index is 0.701. The summed E-state index contributed by atoms with van der Waals surface area (Å²) < 4.78 is 5.05. The van der Waals surface area contributed by atoms with Gasteiger partial charge in [-0.05, 0) is 331 Å². The van der Waals surface area contributed by atoms with Gasteiger partial charge in [0.25, 0.3) is 0 Å². The van der Waals surface area contributed by atoms with E-state index in [-0.39, 0.29) is 0 Å². The number of anilines is 6. The zero-order valence-electron chi connectivity index (χ0n) is 64.6. The summed E-state index contributed by atoms with van der Waals surface area (Å²) in [6, 6.07) is 125. The number of rotatable bonds is 10. The molecule has 0 amide bonds. The van der Waals surface area contributed by atoms with Gasteiger partial charge in [-0.15, -0.1) is 0 Å². The first kappa shape index (κ1) is 65.8. The SMILES string of the molecule is Cc1ccc(N(c2ccc(C)c(C)c2)c2ccc3c(c2)C2(c4ccccc4-c4ccccc42)c2cc(N(c4ccc(C)cc4)c4ccc(Cc5cccc6c5-c5ccccc5C65c6cc(-n7c8ccc(C)cc8c8cc(C)ccc87)ccc6-c6ccc(-n7c8ccc(C)cc8c8cc(C)ccc87)cc65)c(C)c4)ccc2-3)cc1. The van der Waals surface area contributed by atoms with Gasteiger partial charge in [-0.3, -0.25) is 0 Å². The average Bonchev–Trinajstić information content (AvgIpc) is 1.51. The van der Waals surface area contributed by atoms with Crippen LogP contribution < -0.4 is 9.80 Å². The van der Waals surface area contributed by atoms with E-state index in [9.17, 15) is 0 Å². The number of hydrogen-bond acceptors (Lipinski definition) is 2. The third-order valence-corrected chi connectivity index (χ3v) is 25.8. The van der Waals surface area contributed by atoms with Gasteiger partial charge in [0.1, 0.15) is 0 Å². The van der Waals surface area contributed by atoms with E-state index in [0.717, 1.165) is 51.9 Å². The largest absolute Gasteiger partial charge is 0.310 e. The molecule has 4 heteroatoms. The molecule has 4 nitrogen and oxygen atoms in total. The fourth-order valence-electron chi connectivity index (χ4n) is 20.5. The molecule has 2 heterocycles. The van der Waals surface area contributed by atoms with Gasteiger partial charge in [-0.1, -0.05) is 209 Å². The first-order valence-corrected chi connectivity index (χ1v) is 39.6. The van der Waals surface area contributed by atoms with Crippen molar-refractivity contribution in [1.82, 2.24) is 9.13 Å². The van der Waals surface area contributed by atoms with Crippen molar-refractivity contribution < 1.29 is 0 Å². The Morgan fingerprint density at radius 1 is 0.223 bits per heavy atom. The third kappa shape index (κ3) is 9.36. The molecular formula is C108H82N4. The van der Waals surface area contributed by atoms with Gasteiger partial charge in [-0.2, -0.15) is 0 Å². The van der Waals surface area contributed by atoms with Gasteiger partial charge >= 0.3 is 0 Å². The molecule has 0 bridgehead atoms. The van der Waals surface area contributed by atoms with E-state index in [1.165, 1.54) is 194 Å². The monoisotopic (exact) mass is 1430 g/mol. The standard InChI is InChI=1S/C108H82N4/c1-64-25-35-75(36-26-64)109(77-39-33-70(7)71(8)57-77)79-41-45-85-86-46-42-80(61-99(86)107(98(85)60-79)94-21-13-10-18-83(94)84-19-11-14-22-95(84)107)110(76-37-27-65(2)28-38-76)78-40-34-73(72(9)58-78)59-74-17-16-24-97-106(74)89-20-12-15-23-96(89)108(97)100-62-81(111-102-49-29-66(3)53-90(102)91-54-67(4)30-50-103(91)111)43-47-87(100)88-48-44-82(63-101(88)108)112-104-51-31-68(5)55-92(104)93-56-69(6)32-52-105(93)112/h10-58,60-63H,59H2,1-9H3. The Kier molecular flexibility index (Phi) is 14.3. The van der Waals surface area contributed by atoms with Crippen molar-refractivity contribution in [2.24, 2.45) is 0 Å². The van der Waals surface area contributed by atoms with Gasteiger partial charge in [-0.25, -0.2) is 0 Å². The third-order valence-electron chi connectivity index (χ3n) is 25.8. The lowest BCUT2D eigenvalue weighted by molar-refractivity contribution is 0.790. The summed E-state index contributed by atoms with van der Waals surface area (Å²) in [6.45, 7) is 20.0. The van der Waals surface area contributed by atoms with E-state index in [2.05, 4.69) is 403 Å². The molecule has 16 aromatic carbocycles. The predicted octanol–water partition coefficient (Wildman–Crippen LogP) is 27.9. The Bertz CT molecular complexity index is 6750. The van der Waals surface area contributed by atoms with Gasteiger partial charge in [0.15, 0.2) is 0 Å². The summed E-state index contributed by atoms with van der Waals surface area (Å²) in [5, 5.41) is 5.11. The lowest BCUT2D eigenvalue weighted by atomic mass is 9.70. The molecule has 0 unspecified atom stereocenters. The lowest BCUT2D eigenvalue weighted by Gasteiger charge is -2.33. The minimum absolute atomic E-state index is 0.624. The van der Waals surface area contributed by atoms with Crippen LogP contribution in [0.5, 0.6) is 0 Å². The second-order valence-corrected chi connectivity index (χ2v) is 32.5. The Hall–Kier alpha value is -13.3. The molecule has 2 spiro atoms. The molecule has 0 saturated carbocycles. The highest BCUT2D eigenvalue weighted by Gasteiger charge is 2.54. The van der Waals surface area contributed by atoms with E-state index in [1.807, 2.05) is 0 Å². The Morgan fingerprint density at radius 2 is 0.562 bits per heavy atom. The van der Waals surface area contributed by atoms with Gasteiger partial charge in [0, 0.05) is 67.0 Å².